The largest absolute Gasteiger partial charge is 0.307 e. The molecule has 1 amide bonds. The van der Waals surface area contributed by atoms with Crippen LogP contribution >= 0.6 is 0 Å². The van der Waals surface area contributed by atoms with Gasteiger partial charge < -0.3 is 5.32 Å². The Labute approximate surface area is 193 Å². The molecule has 0 unspecified atom stereocenters. The van der Waals surface area contributed by atoms with Crippen molar-refractivity contribution in [3.63, 3.8) is 0 Å². The summed E-state index contributed by atoms with van der Waals surface area (Å²) in [5, 5.41) is 12.1. The molecule has 5 rings (SSSR count). The molecule has 34 heavy (non-hydrogen) atoms. The average molecular weight is 458 g/mol. The summed E-state index contributed by atoms with van der Waals surface area (Å²) in [5.74, 6) is -0.792. The first-order chi connectivity index (χ1) is 16.3. The highest BCUT2D eigenvalue weighted by molar-refractivity contribution is 6.04. The molecule has 5 aromatic rings. The summed E-state index contributed by atoms with van der Waals surface area (Å²) < 4.78 is 31.3. The van der Waals surface area contributed by atoms with E-state index in [4.69, 9.17) is 4.98 Å². The maximum atomic E-state index is 14.8. The molecular formula is C25H20F2N6O. The van der Waals surface area contributed by atoms with Crippen molar-refractivity contribution in [1.29, 1.82) is 0 Å². The second-order valence-electron chi connectivity index (χ2n) is 7.97. The van der Waals surface area contributed by atoms with Gasteiger partial charge >= 0.3 is 0 Å². The second kappa shape index (κ2) is 8.18. The van der Waals surface area contributed by atoms with Gasteiger partial charge in [0.1, 0.15) is 23.1 Å². The van der Waals surface area contributed by atoms with E-state index in [1.54, 1.807) is 62.2 Å². The topological polar surface area (TPSA) is 77.6 Å². The molecule has 3 aromatic heterocycles. The Bertz CT molecular complexity index is 1550. The summed E-state index contributed by atoms with van der Waals surface area (Å²) >= 11 is 0. The van der Waals surface area contributed by atoms with E-state index in [9.17, 15) is 13.6 Å². The number of pyridine rings is 1. The van der Waals surface area contributed by atoms with Gasteiger partial charge in [-0.3, -0.25) is 9.48 Å². The molecule has 170 valence electrons. The van der Waals surface area contributed by atoms with Crippen LogP contribution < -0.4 is 5.32 Å². The van der Waals surface area contributed by atoms with Gasteiger partial charge in [-0.05, 0) is 61.0 Å². The number of aryl methyl sites for hydroxylation is 2. The molecule has 0 atom stereocenters. The number of halogens is 2. The number of hydrogen-bond donors (Lipinski definition) is 1. The molecule has 0 radical (unpaired) electrons. The molecule has 1 N–H and O–H groups in total. The van der Waals surface area contributed by atoms with E-state index in [2.05, 4.69) is 15.5 Å². The number of carbonyl (C=O) groups excluding carboxylic acids is 1. The first-order valence-corrected chi connectivity index (χ1v) is 10.5. The van der Waals surface area contributed by atoms with E-state index in [0.29, 0.717) is 34.0 Å². The van der Waals surface area contributed by atoms with Crippen LogP contribution in [0.25, 0.3) is 33.5 Å². The average Bonchev–Trinajstić information content (AvgIpc) is 3.38. The van der Waals surface area contributed by atoms with Gasteiger partial charge in [0.15, 0.2) is 5.65 Å². The zero-order chi connectivity index (χ0) is 24.0. The van der Waals surface area contributed by atoms with Crippen molar-refractivity contribution >= 4 is 22.8 Å². The van der Waals surface area contributed by atoms with Gasteiger partial charge in [0.2, 0.25) is 0 Å². The molecule has 9 heteroatoms. The molecule has 7 nitrogen and oxygen atoms in total. The van der Waals surface area contributed by atoms with E-state index < -0.39 is 11.7 Å². The predicted octanol–water partition coefficient (Wildman–Crippen LogP) is 4.87. The third-order valence-corrected chi connectivity index (χ3v) is 5.75. The van der Waals surface area contributed by atoms with Gasteiger partial charge in [0.05, 0.1) is 11.9 Å². The molecule has 3 heterocycles. The van der Waals surface area contributed by atoms with Crippen molar-refractivity contribution < 1.29 is 13.6 Å². The van der Waals surface area contributed by atoms with Gasteiger partial charge in [0.25, 0.3) is 5.91 Å². The van der Waals surface area contributed by atoms with Crippen LogP contribution in [-0.2, 0) is 14.1 Å². The van der Waals surface area contributed by atoms with E-state index in [1.165, 1.54) is 22.9 Å². The molecule has 0 fully saturated rings. The number of fused-ring (bicyclic) bond motifs is 1. The van der Waals surface area contributed by atoms with Crippen molar-refractivity contribution in [1.82, 2.24) is 24.5 Å². The first-order valence-electron chi connectivity index (χ1n) is 10.5. The third kappa shape index (κ3) is 3.71. The smallest absolute Gasteiger partial charge is 0.256 e. The van der Waals surface area contributed by atoms with Crippen LogP contribution in [0.15, 0.2) is 60.8 Å². The number of nitrogens with one attached hydrogen (secondary N) is 1. The monoisotopic (exact) mass is 458 g/mol. The Balaban J connectivity index is 1.56. The number of anilines is 1. The number of nitrogens with zero attached hydrogens (tertiary/aromatic N) is 5. The third-order valence-electron chi connectivity index (χ3n) is 5.75. The highest BCUT2D eigenvalue weighted by Gasteiger charge is 2.18. The quantitative estimate of drug-likeness (QED) is 0.417. The van der Waals surface area contributed by atoms with Gasteiger partial charge in [-0.1, -0.05) is 0 Å². The minimum Gasteiger partial charge on any atom is -0.307 e. The molecule has 2 aromatic carbocycles. The maximum absolute atomic E-state index is 14.8. The fourth-order valence-corrected chi connectivity index (χ4v) is 3.86. The van der Waals surface area contributed by atoms with Crippen LogP contribution in [0, 0.1) is 18.6 Å². The van der Waals surface area contributed by atoms with Crippen molar-refractivity contribution in [2.75, 3.05) is 5.32 Å². The van der Waals surface area contributed by atoms with Gasteiger partial charge in [-0.25, -0.2) is 18.4 Å². The molecule has 0 spiro atoms. The SMILES string of the molecule is Cc1c(F)cc(C(=O)Nc2ccnn2C)cc1-c1ccc2c(-c3ccc(F)cc3)nn(C)c2n1. The number of aromatic nitrogens is 5. The predicted molar refractivity (Wildman–Crippen MR) is 125 cm³/mol. The standard InChI is InChI=1S/C25H20F2N6O/c1-14-19(12-16(13-20(14)27)25(34)30-22-10-11-28-32(22)2)21-9-8-18-23(31-33(3)24(18)29-21)15-4-6-17(26)7-5-15/h4-13H,1-3H3,(H,30,34). The van der Waals surface area contributed by atoms with E-state index in [1.807, 2.05) is 6.07 Å². The molecule has 0 saturated carbocycles. The summed E-state index contributed by atoms with van der Waals surface area (Å²) in [6, 6.07) is 14.2. The van der Waals surface area contributed by atoms with Crippen LogP contribution in [0.4, 0.5) is 14.6 Å². The zero-order valence-electron chi connectivity index (χ0n) is 18.7. The van der Waals surface area contributed by atoms with E-state index in [0.717, 1.165) is 10.9 Å². The molecule has 0 bridgehead atoms. The Hall–Kier alpha value is -4.40. The fraction of sp³-hybridized carbons (Fsp3) is 0.120. The minimum absolute atomic E-state index is 0.165. The lowest BCUT2D eigenvalue weighted by Crippen LogP contribution is -2.15. The van der Waals surface area contributed by atoms with Crippen molar-refractivity contribution in [2.24, 2.45) is 14.1 Å². The Morgan fingerprint density at radius 3 is 2.44 bits per heavy atom. The second-order valence-corrected chi connectivity index (χ2v) is 7.97. The van der Waals surface area contributed by atoms with Gasteiger partial charge in [-0.15, -0.1) is 0 Å². The van der Waals surface area contributed by atoms with Crippen LogP contribution in [0.5, 0.6) is 0 Å². The van der Waals surface area contributed by atoms with E-state index in [-0.39, 0.29) is 11.4 Å². The Morgan fingerprint density at radius 2 is 1.74 bits per heavy atom. The highest BCUT2D eigenvalue weighted by Crippen LogP contribution is 2.31. The molecule has 0 aliphatic carbocycles. The van der Waals surface area contributed by atoms with Gasteiger partial charge in [-0.2, -0.15) is 10.2 Å². The zero-order valence-corrected chi connectivity index (χ0v) is 18.7. The summed E-state index contributed by atoms with van der Waals surface area (Å²) in [6.45, 7) is 1.65. The Morgan fingerprint density at radius 1 is 0.971 bits per heavy atom. The number of rotatable bonds is 4. The lowest BCUT2D eigenvalue weighted by atomic mass is 10.00. The first kappa shape index (κ1) is 21.4. The fourth-order valence-electron chi connectivity index (χ4n) is 3.86. The summed E-state index contributed by atoms with van der Waals surface area (Å²) in [5.41, 5.74) is 3.57. The number of benzene rings is 2. The summed E-state index contributed by atoms with van der Waals surface area (Å²) in [6.07, 6.45) is 1.56. The van der Waals surface area contributed by atoms with Crippen LogP contribution in [0.2, 0.25) is 0 Å². The lowest BCUT2D eigenvalue weighted by Gasteiger charge is -2.11. The number of hydrogen-bond acceptors (Lipinski definition) is 4. The molecule has 0 saturated heterocycles. The number of carbonyl (C=O) groups is 1. The summed E-state index contributed by atoms with van der Waals surface area (Å²) in [4.78, 5) is 17.5. The Kier molecular flexibility index (Phi) is 5.16. The lowest BCUT2D eigenvalue weighted by molar-refractivity contribution is 0.102. The maximum Gasteiger partial charge on any atom is 0.256 e. The van der Waals surface area contributed by atoms with E-state index >= 15 is 0 Å². The van der Waals surface area contributed by atoms with Gasteiger partial charge in [0, 0.05) is 42.2 Å². The van der Waals surface area contributed by atoms with Crippen molar-refractivity contribution in [2.45, 2.75) is 6.92 Å². The van der Waals surface area contributed by atoms with Crippen LogP contribution in [0.3, 0.4) is 0 Å². The molecular weight excluding hydrogens is 438 g/mol. The molecule has 0 aliphatic heterocycles. The molecule has 0 aliphatic rings. The highest BCUT2D eigenvalue weighted by atomic mass is 19.1. The summed E-state index contributed by atoms with van der Waals surface area (Å²) in [7, 11) is 3.46. The van der Waals surface area contributed by atoms with Crippen molar-refractivity contribution in [3.8, 4) is 22.5 Å². The minimum atomic E-state index is -0.508. The van der Waals surface area contributed by atoms with Crippen LogP contribution in [-0.4, -0.2) is 30.5 Å². The van der Waals surface area contributed by atoms with Crippen molar-refractivity contribution in [3.05, 3.63) is 83.6 Å². The number of amides is 1. The normalized spacial score (nSPS) is 11.2. The van der Waals surface area contributed by atoms with Crippen LogP contribution in [0.1, 0.15) is 15.9 Å².